The highest BCUT2D eigenvalue weighted by atomic mass is 32.1. The summed E-state index contributed by atoms with van der Waals surface area (Å²) in [5.41, 5.74) is 1.63. The summed E-state index contributed by atoms with van der Waals surface area (Å²) in [6.45, 7) is 0.367. The number of H-pyrrole nitrogens is 1. The fourth-order valence-electron chi connectivity index (χ4n) is 1.60. The van der Waals surface area contributed by atoms with Gasteiger partial charge in [0, 0.05) is 24.9 Å². The van der Waals surface area contributed by atoms with Crippen LogP contribution in [0.1, 0.15) is 11.3 Å². The minimum Gasteiger partial charge on any atom is -0.480 e. The van der Waals surface area contributed by atoms with E-state index in [9.17, 15) is 9.59 Å². The Morgan fingerprint density at radius 2 is 2.35 bits per heavy atom. The Balaban J connectivity index is 1.84. The molecule has 20 heavy (non-hydrogen) atoms. The number of carbonyl (C=O) groups is 2. The topological polar surface area (TPSA) is 107 Å². The molecule has 2 heterocycles. The first-order valence-corrected chi connectivity index (χ1v) is 6.85. The molecule has 0 saturated carbocycles. The van der Waals surface area contributed by atoms with Gasteiger partial charge in [-0.05, 0) is 22.4 Å². The predicted octanol–water partition coefficient (Wildman–Crippen LogP) is 0.966. The average Bonchev–Trinajstić information content (AvgIpc) is 3.08. The van der Waals surface area contributed by atoms with E-state index in [1.807, 2.05) is 16.8 Å². The van der Waals surface area contributed by atoms with E-state index in [4.69, 9.17) is 5.11 Å². The van der Waals surface area contributed by atoms with Crippen LogP contribution in [0.4, 0.5) is 4.79 Å². The molecule has 0 unspecified atom stereocenters. The van der Waals surface area contributed by atoms with Crippen molar-refractivity contribution in [2.24, 2.45) is 0 Å². The van der Waals surface area contributed by atoms with E-state index >= 15 is 0 Å². The highest BCUT2D eigenvalue weighted by Crippen LogP contribution is 2.05. The smallest absolute Gasteiger partial charge is 0.326 e. The van der Waals surface area contributed by atoms with Crippen molar-refractivity contribution in [1.82, 2.24) is 20.6 Å². The summed E-state index contributed by atoms with van der Waals surface area (Å²) in [5, 5.41) is 18.0. The number of thiophene rings is 1. The number of aromatic amines is 1. The zero-order valence-electron chi connectivity index (χ0n) is 10.5. The lowest BCUT2D eigenvalue weighted by Gasteiger charge is -2.14. The number of aliphatic carboxylic acids is 1. The largest absolute Gasteiger partial charge is 0.480 e. The number of carboxylic acids is 1. The summed E-state index contributed by atoms with van der Waals surface area (Å²) in [5.74, 6) is -1.09. The standard InChI is InChI=1S/C12H14N4O3S/c17-11(18)10(3-9-5-13-7-15-9)16-12(19)14-4-8-1-2-20-6-8/h1-2,5-7,10H,3-4H2,(H,13,15)(H,17,18)(H2,14,16,19)/t10-/m1/s1. The fourth-order valence-corrected chi connectivity index (χ4v) is 2.27. The lowest BCUT2D eigenvalue weighted by molar-refractivity contribution is -0.139. The van der Waals surface area contributed by atoms with Crippen LogP contribution < -0.4 is 10.6 Å². The minimum atomic E-state index is -1.09. The van der Waals surface area contributed by atoms with Gasteiger partial charge in [-0.15, -0.1) is 0 Å². The van der Waals surface area contributed by atoms with Crippen LogP contribution in [0.25, 0.3) is 0 Å². The molecule has 0 aliphatic heterocycles. The number of carboxylic acid groups (broad SMARTS) is 1. The number of carbonyl (C=O) groups excluding carboxylic acids is 1. The van der Waals surface area contributed by atoms with E-state index in [1.54, 1.807) is 0 Å². The van der Waals surface area contributed by atoms with Crippen molar-refractivity contribution in [3.63, 3.8) is 0 Å². The summed E-state index contributed by atoms with van der Waals surface area (Å²) in [7, 11) is 0. The second-order valence-electron chi connectivity index (χ2n) is 4.13. The maximum absolute atomic E-state index is 11.7. The van der Waals surface area contributed by atoms with Crippen molar-refractivity contribution in [2.45, 2.75) is 19.0 Å². The number of nitrogens with one attached hydrogen (secondary N) is 3. The van der Waals surface area contributed by atoms with Gasteiger partial charge in [0.05, 0.1) is 6.33 Å². The number of urea groups is 1. The maximum Gasteiger partial charge on any atom is 0.326 e. The van der Waals surface area contributed by atoms with E-state index in [-0.39, 0.29) is 6.42 Å². The zero-order chi connectivity index (χ0) is 14.4. The number of hydrogen-bond donors (Lipinski definition) is 4. The molecule has 0 aromatic carbocycles. The Hall–Kier alpha value is -2.35. The molecule has 4 N–H and O–H groups in total. The van der Waals surface area contributed by atoms with Crippen molar-refractivity contribution in [2.75, 3.05) is 0 Å². The zero-order valence-corrected chi connectivity index (χ0v) is 11.3. The molecule has 0 radical (unpaired) electrons. The molecule has 2 aromatic heterocycles. The van der Waals surface area contributed by atoms with Gasteiger partial charge in [-0.3, -0.25) is 0 Å². The van der Waals surface area contributed by atoms with Gasteiger partial charge >= 0.3 is 12.0 Å². The Morgan fingerprint density at radius 3 is 2.95 bits per heavy atom. The summed E-state index contributed by atoms with van der Waals surface area (Å²) in [6.07, 6.45) is 3.15. The lowest BCUT2D eigenvalue weighted by Crippen LogP contribution is -2.46. The third-order valence-corrected chi connectivity index (χ3v) is 3.35. The molecule has 0 fully saturated rings. The highest BCUT2D eigenvalue weighted by molar-refractivity contribution is 7.07. The van der Waals surface area contributed by atoms with Gasteiger partial charge in [-0.25, -0.2) is 14.6 Å². The van der Waals surface area contributed by atoms with Crippen molar-refractivity contribution < 1.29 is 14.7 Å². The van der Waals surface area contributed by atoms with Crippen molar-refractivity contribution >= 4 is 23.3 Å². The number of nitrogens with zero attached hydrogens (tertiary/aromatic N) is 1. The Labute approximate surface area is 119 Å². The number of rotatable bonds is 6. The highest BCUT2D eigenvalue weighted by Gasteiger charge is 2.20. The van der Waals surface area contributed by atoms with Crippen molar-refractivity contribution in [1.29, 1.82) is 0 Å². The van der Waals surface area contributed by atoms with Gasteiger partial charge in [-0.2, -0.15) is 11.3 Å². The average molecular weight is 294 g/mol. The Morgan fingerprint density at radius 1 is 1.50 bits per heavy atom. The molecule has 0 aliphatic rings. The van der Waals surface area contributed by atoms with Crippen LogP contribution in [0, 0.1) is 0 Å². The van der Waals surface area contributed by atoms with Crippen LogP contribution in [0.15, 0.2) is 29.4 Å². The first kappa shape index (κ1) is 14.1. The van der Waals surface area contributed by atoms with E-state index in [2.05, 4.69) is 20.6 Å². The molecule has 106 valence electrons. The third kappa shape index (κ3) is 4.09. The minimum absolute atomic E-state index is 0.154. The molecule has 7 nitrogen and oxygen atoms in total. The number of aromatic nitrogens is 2. The number of amides is 2. The van der Waals surface area contributed by atoms with Gasteiger partial charge in [0.25, 0.3) is 0 Å². The van der Waals surface area contributed by atoms with E-state index < -0.39 is 18.0 Å². The first-order chi connectivity index (χ1) is 9.65. The van der Waals surface area contributed by atoms with Crippen LogP contribution in [-0.4, -0.2) is 33.1 Å². The molecule has 2 aromatic rings. The first-order valence-electron chi connectivity index (χ1n) is 5.90. The van der Waals surface area contributed by atoms with Crippen LogP contribution in [-0.2, 0) is 17.8 Å². The molecule has 1 atom stereocenters. The normalized spacial score (nSPS) is 11.8. The van der Waals surface area contributed by atoms with Crippen LogP contribution >= 0.6 is 11.3 Å². The van der Waals surface area contributed by atoms with Crippen molar-refractivity contribution in [3.8, 4) is 0 Å². The Bertz CT molecular complexity index is 553. The van der Waals surface area contributed by atoms with Gasteiger partial charge in [0.15, 0.2) is 0 Å². The van der Waals surface area contributed by atoms with E-state index in [0.29, 0.717) is 12.2 Å². The monoisotopic (exact) mass is 294 g/mol. The molecule has 2 amide bonds. The van der Waals surface area contributed by atoms with E-state index in [0.717, 1.165) is 5.56 Å². The maximum atomic E-state index is 11.7. The van der Waals surface area contributed by atoms with Gasteiger partial charge in [0.1, 0.15) is 6.04 Å². The molecule has 8 heteroatoms. The second kappa shape index (κ2) is 6.71. The third-order valence-electron chi connectivity index (χ3n) is 2.62. The van der Waals surface area contributed by atoms with Gasteiger partial charge in [-0.1, -0.05) is 0 Å². The fraction of sp³-hybridized carbons (Fsp3) is 0.250. The SMILES string of the molecule is O=C(NCc1ccsc1)N[C@H](Cc1cnc[nH]1)C(=O)O. The molecule has 0 spiro atoms. The predicted molar refractivity (Wildman–Crippen MR) is 73.4 cm³/mol. The van der Waals surface area contributed by atoms with Crippen LogP contribution in [0.3, 0.4) is 0 Å². The number of hydrogen-bond acceptors (Lipinski definition) is 4. The summed E-state index contributed by atoms with van der Waals surface area (Å²) in [6, 6.07) is 0.380. The van der Waals surface area contributed by atoms with Crippen LogP contribution in [0.2, 0.25) is 0 Å². The molecular weight excluding hydrogens is 280 g/mol. The molecule has 2 rings (SSSR count). The number of imidazole rings is 1. The Kier molecular flexibility index (Phi) is 4.72. The van der Waals surface area contributed by atoms with Gasteiger partial charge < -0.3 is 20.7 Å². The van der Waals surface area contributed by atoms with Gasteiger partial charge in [0.2, 0.25) is 0 Å². The quantitative estimate of drug-likeness (QED) is 0.636. The molecule has 0 bridgehead atoms. The molecule has 0 aliphatic carbocycles. The van der Waals surface area contributed by atoms with Crippen LogP contribution in [0.5, 0.6) is 0 Å². The molecule has 0 saturated heterocycles. The lowest BCUT2D eigenvalue weighted by atomic mass is 10.2. The summed E-state index contributed by atoms with van der Waals surface area (Å²) >= 11 is 1.54. The summed E-state index contributed by atoms with van der Waals surface area (Å²) in [4.78, 5) is 29.4. The van der Waals surface area contributed by atoms with Crippen molar-refractivity contribution in [3.05, 3.63) is 40.6 Å². The van der Waals surface area contributed by atoms with E-state index in [1.165, 1.54) is 23.9 Å². The molecular formula is C12H14N4O3S. The second-order valence-corrected chi connectivity index (χ2v) is 4.91. The summed E-state index contributed by atoms with van der Waals surface area (Å²) < 4.78 is 0.